The first-order valence-electron chi connectivity index (χ1n) is 3.85. The number of aldehydes is 1. The van der Waals surface area contributed by atoms with Gasteiger partial charge >= 0.3 is 0 Å². The fraction of sp³-hybridized carbons (Fsp3) is 0.200. The molecule has 0 saturated carbocycles. The smallest absolute Gasteiger partial charge is 0.123 e. The average Bonchev–Trinajstić information content (AvgIpc) is 2.09. The molecule has 1 heterocycles. The molecule has 0 unspecified atom stereocenters. The molecule has 0 atom stereocenters. The van der Waals surface area contributed by atoms with Crippen LogP contribution in [0.1, 0.15) is 17.5 Å². The average molecular weight is 161 g/mol. The van der Waals surface area contributed by atoms with Gasteiger partial charge < -0.3 is 4.79 Å². The van der Waals surface area contributed by atoms with Crippen molar-refractivity contribution in [3.63, 3.8) is 0 Å². The van der Waals surface area contributed by atoms with Crippen LogP contribution < -0.4 is 0 Å². The Balaban J connectivity index is 2.74. The highest BCUT2D eigenvalue weighted by atomic mass is 16.1. The van der Waals surface area contributed by atoms with Crippen LogP contribution in [-0.2, 0) is 4.79 Å². The van der Waals surface area contributed by atoms with Crippen LogP contribution in [0, 0.1) is 6.92 Å². The Morgan fingerprint density at radius 2 is 2.42 bits per heavy atom. The minimum Gasteiger partial charge on any atom is -0.303 e. The van der Waals surface area contributed by atoms with Crippen LogP contribution in [0.3, 0.4) is 0 Å². The lowest BCUT2D eigenvalue weighted by Crippen LogP contribution is -1.81. The molecule has 0 amide bonds. The lowest BCUT2D eigenvalue weighted by Gasteiger charge is -1.95. The Labute approximate surface area is 71.9 Å². The van der Waals surface area contributed by atoms with Crippen molar-refractivity contribution in [2.24, 2.45) is 0 Å². The standard InChI is InChI=1S/C10H11NO/c1-9-5-6-11-8-10(9)4-2-3-7-12/h2,4-8H,3H2,1H3. The van der Waals surface area contributed by atoms with Crippen molar-refractivity contribution in [1.29, 1.82) is 0 Å². The highest BCUT2D eigenvalue weighted by molar-refractivity contribution is 5.58. The Bertz CT molecular complexity index is 292. The van der Waals surface area contributed by atoms with E-state index in [4.69, 9.17) is 0 Å². The normalized spacial score (nSPS) is 10.4. The molecule has 1 aromatic rings. The number of carbonyl (C=O) groups is 1. The summed E-state index contributed by atoms with van der Waals surface area (Å²) in [5.41, 5.74) is 2.24. The summed E-state index contributed by atoms with van der Waals surface area (Å²) in [5, 5.41) is 0. The Morgan fingerprint density at radius 3 is 3.08 bits per heavy atom. The largest absolute Gasteiger partial charge is 0.303 e. The van der Waals surface area contributed by atoms with Crippen LogP contribution in [0.5, 0.6) is 0 Å². The number of hydrogen-bond donors (Lipinski definition) is 0. The zero-order valence-electron chi connectivity index (χ0n) is 7.03. The highest BCUT2D eigenvalue weighted by Gasteiger charge is 1.90. The van der Waals surface area contributed by atoms with Gasteiger partial charge in [0.15, 0.2) is 0 Å². The number of aromatic nitrogens is 1. The highest BCUT2D eigenvalue weighted by Crippen LogP contribution is 2.06. The number of carbonyl (C=O) groups excluding carboxylic acids is 1. The van der Waals surface area contributed by atoms with Crippen molar-refractivity contribution in [2.45, 2.75) is 13.3 Å². The monoisotopic (exact) mass is 161 g/mol. The first-order valence-corrected chi connectivity index (χ1v) is 3.85. The van der Waals surface area contributed by atoms with Crippen LogP contribution in [0.2, 0.25) is 0 Å². The third kappa shape index (κ3) is 2.31. The van der Waals surface area contributed by atoms with E-state index in [9.17, 15) is 4.79 Å². The number of rotatable bonds is 3. The summed E-state index contributed by atoms with van der Waals surface area (Å²) in [4.78, 5) is 14.0. The van der Waals surface area contributed by atoms with Gasteiger partial charge in [0.2, 0.25) is 0 Å². The Kier molecular flexibility index (Phi) is 3.20. The van der Waals surface area contributed by atoms with Crippen molar-refractivity contribution >= 4 is 12.4 Å². The first kappa shape index (κ1) is 8.65. The van der Waals surface area contributed by atoms with Gasteiger partial charge in [-0.2, -0.15) is 0 Å². The molecule has 0 radical (unpaired) electrons. The maximum Gasteiger partial charge on any atom is 0.123 e. The predicted molar refractivity (Wildman–Crippen MR) is 48.7 cm³/mol. The summed E-state index contributed by atoms with van der Waals surface area (Å²) in [6, 6.07) is 1.95. The molecular formula is C10H11NO. The van der Waals surface area contributed by atoms with Crippen LogP contribution >= 0.6 is 0 Å². The molecule has 2 nitrogen and oxygen atoms in total. The molecule has 0 aliphatic rings. The van der Waals surface area contributed by atoms with E-state index >= 15 is 0 Å². The number of nitrogens with zero attached hydrogens (tertiary/aromatic N) is 1. The van der Waals surface area contributed by atoms with E-state index in [0.29, 0.717) is 6.42 Å². The topological polar surface area (TPSA) is 30.0 Å². The molecule has 0 aliphatic carbocycles. The Hall–Kier alpha value is -1.44. The van der Waals surface area contributed by atoms with E-state index in [0.717, 1.165) is 11.8 Å². The summed E-state index contributed by atoms with van der Waals surface area (Å²) in [5.74, 6) is 0. The molecule has 1 rings (SSSR count). The van der Waals surface area contributed by atoms with Crippen LogP contribution in [0.25, 0.3) is 6.08 Å². The molecule has 2 heteroatoms. The first-order chi connectivity index (χ1) is 5.84. The van der Waals surface area contributed by atoms with Gasteiger partial charge in [0.25, 0.3) is 0 Å². The molecule has 1 aromatic heterocycles. The summed E-state index contributed by atoms with van der Waals surface area (Å²) in [6.07, 6.45) is 8.63. The third-order valence-corrected chi connectivity index (χ3v) is 1.61. The van der Waals surface area contributed by atoms with E-state index in [-0.39, 0.29) is 0 Å². The van der Waals surface area contributed by atoms with Crippen LogP contribution in [0.4, 0.5) is 0 Å². The molecule has 12 heavy (non-hydrogen) atoms. The lowest BCUT2D eigenvalue weighted by molar-refractivity contribution is -0.107. The zero-order valence-corrected chi connectivity index (χ0v) is 7.03. The fourth-order valence-corrected chi connectivity index (χ4v) is 0.901. The zero-order chi connectivity index (χ0) is 8.81. The van der Waals surface area contributed by atoms with E-state index in [2.05, 4.69) is 4.98 Å². The van der Waals surface area contributed by atoms with Gasteiger partial charge in [-0.25, -0.2) is 0 Å². The molecular weight excluding hydrogens is 150 g/mol. The minimum atomic E-state index is 0.467. The second kappa shape index (κ2) is 4.44. The van der Waals surface area contributed by atoms with E-state index in [1.54, 1.807) is 12.4 Å². The van der Waals surface area contributed by atoms with E-state index < -0.39 is 0 Å². The van der Waals surface area contributed by atoms with Crippen molar-refractivity contribution in [1.82, 2.24) is 4.98 Å². The van der Waals surface area contributed by atoms with Crippen LogP contribution in [0.15, 0.2) is 24.5 Å². The number of allylic oxidation sites excluding steroid dienone is 1. The van der Waals surface area contributed by atoms with Gasteiger partial charge in [-0.3, -0.25) is 4.98 Å². The van der Waals surface area contributed by atoms with Gasteiger partial charge in [-0.15, -0.1) is 0 Å². The SMILES string of the molecule is Cc1ccncc1C=CCC=O. The second-order valence-corrected chi connectivity index (χ2v) is 2.54. The van der Waals surface area contributed by atoms with Gasteiger partial charge in [0, 0.05) is 18.8 Å². The maximum atomic E-state index is 10.0. The fourth-order valence-electron chi connectivity index (χ4n) is 0.901. The second-order valence-electron chi connectivity index (χ2n) is 2.54. The third-order valence-electron chi connectivity index (χ3n) is 1.61. The van der Waals surface area contributed by atoms with Crippen molar-refractivity contribution in [3.8, 4) is 0 Å². The van der Waals surface area contributed by atoms with Gasteiger partial charge in [-0.05, 0) is 24.1 Å². The molecule has 0 aliphatic heterocycles. The Morgan fingerprint density at radius 1 is 1.58 bits per heavy atom. The molecule has 0 N–H and O–H groups in total. The number of hydrogen-bond acceptors (Lipinski definition) is 2. The summed E-state index contributed by atoms with van der Waals surface area (Å²) in [7, 11) is 0. The van der Waals surface area contributed by atoms with Gasteiger partial charge in [0.1, 0.15) is 6.29 Å². The summed E-state index contributed by atoms with van der Waals surface area (Å²) in [6.45, 7) is 2.02. The summed E-state index contributed by atoms with van der Waals surface area (Å²) < 4.78 is 0. The lowest BCUT2D eigenvalue weighted by atomic mass is 10.1. The van der Waals surface area contributed by atoms with Crippen molar-refractivity contribution < 1.29 is 4.79 Å². The minimum absolute atomic E-state index is 0.467. The molecule has 0 spiro atoms. The maximum absolute atomic E-state index is 10.0. The van der Waals surface area contributed by atoms with E-state index in [1.165, 1.54) is 5.56 Å². The number of aryl methyl sites for hydroxylation is 1. The van der Waals surface area contributed by atoms with Crippen molar-refractivity contribution in [3.05, 3.63) is 35.7 Å². The van der Waals surface area contributed by atoms with Gasteiger partial charge in [0.05, 0.1) is 0 Å². The molecule has 62 valence electrons. The summed E-state index contributed by atoms with van der Waals surface area (Å²) >= 11 is 0. The quantitative estimate of drug-likeness (QED) is 0.634. The van der Waals surface area contributed by atoms with E-state index in [1.807, 2.05) is 25.1 Å². The molecule has 0 saturated heterocycles. The molecule has 0 bridgehead atoms. The molecule has 0 aromatic carbocycles. The number of pyridine rings is 1. The van der Waals surface area contributed by atoms with Crippen LogP contribution in [-0.4, -0.2) is 11.3 Å². The van der Waals surface area contributed by atoms with Crippen molar-refractivity contribution in [2.75, 3.05) is 0 Å². The predicted octanol–water partition coefficient (Wildman–Crippen LogP) is 1.99. The molecule has 0 fully saturated rings. The van der Waals surface area contributed by atoms with Gasteiger partial charge in [-0.1, -0.05) is 12.2 Å².